The van der Waals surface area contributed by atoms with Gasteiger partial charge in [-0.1, -0.05) is 24.3 Å². The Hall–Kier alpha value is -2.38. The van der Waals surface area contributed by atoms with Crippen LogP contribution in [0.1, 0.15) is 31.9 Å². The molecule has 3 N–H and O–H groups in total. The van der Waals surface area contributed by atoms with Crippen molar-refractivity contribution < 1.29 is 8.42 Å². The Balaban J connectivity index is 1.64. The second kappa shape index (κ2) is 7.70. The predicted molar refractivity (Wildman–Crippen MR) is 110 cm³/mol. The summed E-state index contributed by atoms with van der Waals surface area (Å²) in [7, 11) is -3.50. The third-order valence-electron chi connectivity index (χ3n) is 3.97. The van der Waals surface area contributed by atoms with Crippen LogP contribution in [0.2, 0.25) is 0 Å². The molecular weight excluding hydrogens is 360 g/mol. The Morgan fingerprint density at radius 2 is 1.59 bits per heavy atom. The highest BCUT2D eigenvalue weighted by molar-refractivity contribution is 7.89. The smallest absolute Gasteiger partial charge is 0.241 e. The Labute approximate surface area is 161 Å². The van der Waals surface area contributed by atoms with Crippen molar-refractivity contribution in [1.82, 2.24) is 10.0 Å². The van der Waals surface area contributed by atoms with Gasteiger partial charge in [0.1, 0.15) is 0 Å². The molecule has 1 aliphatic rings. The molecule has 27 heavy (non-hydrogen) atoms. The number of nitrogens with one attached hydrogen (secondary N) is 3. The van der Waals surface area contributed by atoms with Gasteiger partial charge in [0, 0.05) is 17.8 Å². The fourth-order valence-corrected chi connectivity index (χ4v) is 4.23. The van der Waals surface area contributed by atoms with Gasteiger partial charge in [0.05, 0.1) is 11.4 Å². The molecule has 1 aliphatic heterocycles. The molecule has 0 aliphatic carbocycles. The summed E-state index contributed by atoms with van der Waals surface area (Å²) in [6, 6.07) is 15.2. The van der Waals surface area contributed by atoms with Crippen molar-refractivity contribution in [3.63, 3.8) is 0 Å². The van der Waals surface area contributed by atoms with Crippen LogP contribution >= 0.6 is 0 Å². The van der Waals surface area contributed by atoms with Crippen molar-refractivity contribution >= 4 is 21.7 Å². The minimum absolute atomic E-state index is 0.283. The monoisotopic (exact) mass is 386 g/mol. The molecule has 2 aromatic carbocycles. The Kier molecular flexibility index (Phi) is 5.53. The molecule has 2 aromatic rings. The molecular formula is C20H26N4O2S. The molecule has 0 saturated carbocycles. The first-order valence-electron chi connectivity index (χ1n) is 8.98. The lowest BCUT2D eigenvalue weighted by molar-refractivity contribution is 0.491. The Morgan fingerprint density at radius 3 is 2.11 bits per heavy atom. The highest BCUT2D eigenvalue weighted by Crippen LogP contribution is 2.17. The fourth-order valence-electron chi connectivity index (χ4n) is 2.81. The maximum Gasteiger partial charge on any atom is 0.241 e. The molecule has 0 saturated heterocycles. The first-order valence-corrected chi connectivity index (χ1v) is 10.5. The van der Waals surface area contributed by atoms with Gasteiger partial charge in [0.25, 0.3) is 0 Å². The number of sulfonamides is 1. The minimum atomic E-state index is -3.50. The zero-order valence-corrected chi connectivity index (χ0v) is 16.7. The molecule has 0 amide bonds. The molecule has 3 rings (SSSR count). The normalized spacial score (nSPS) is 14.6. The number of hydrogen-bond donors (Lipinski definition) is 3. The number of anilines is 1. The second-order valence-electron chi connectivity index (χ2n) is 7.66. The van der Waals surface area contributed by atoms with Crippen LogP contribution < -0.4 is 15.4 Å². The molecule has 0 unspecified atom stereocenters. The van der Waals surface area contributed by atoms with E-state index >= 15 is 0 Å². The highest BCUT2D eigenvalue weighted by atomic mass is 32.2. The van der Waals surface area contributed by atoms with Crippen molar-refractivity contribution in [3.8, 4) is 0 Å². The van der Waals surface area contributed by atoms with Crippen LogP contribution in [0.5, 0.6) is 0 Å². The van der Waals surface area contributed by atoms with Gasteiger partial charge in [0.2, 0.25) is 10.0 Å². The van der Waals surface area contributed by atoms with Crippen LogP contribution in [0.15, 0.2) is 58.4 Å². The fraction of sp³-hybridized carbons (Fsp3) is 0.350. The maximum atomic E-state index is 12.4. The van der Waals surface area contributed by atoms with E-state index in [4.69, 9.17) is 0 Å². The van der Waals surface area contributed by atoms with Gasteiger partial charge in [-0.25, -0.2) is 13.1 Å². The van der Waals surface area contributed by atoms with E-state index < -0.39 is 15.6 Å². The summed E-state index contributed by atoms with van der Waals surface area (Å²) in [6.07, 6.45) is 0.743. The quantitative estimate of drug-likeness (QED) is 0.738. The van der Waals surface area contributed by atoms with E-state index in [9.17, 15) is 8.42 Å². The zero-order valence-electron chi connectivity index (χ0n) is 15.9. The average molecular weight is 387 g/mol. The van der Waals surface area contributed by atoms with E-state index in [1.165, 1.54) is 0 Å². The summed E-state index contributed by atoms with van der Waals surface area (Å²) < 4.78 is 27.4. The zero-order chi connectivity index (χ0) is 19.5. The van der Waals surface area contributed by atoms with Gasteiger partial charge in [-0.2, -0.15) is 0 Å². The Bertz CT molecular complexity index is 912. The summed E-state index contributed by atoms with van der Waals surface area (Å²) in [4.78, 5) is 4.59. The molecule has 0 spiro atoms. The summed E-state index contributed by atoms with van der Waals surface area (Å²) >= 11 is 0. The van der Waals surface area contributed by atoms with Crippen molar-refractivity contribution in [2.45, 2.75) is 37.6 Å². The van der Waals surface area contributed by atoms with Crippen molar-refractivity contribution in [3.05, 3.63) is 59.7 Å². The van der Waals surface area contributed by atoms with E-state index in [1.54, 1.807) is 12.1 Å². The van der Waals surface area contributed by atoms with Crippen molar-refractivity contribution in [2.75, 3.05) is 18.4 Å². The number of guanidine groups is 1. The summed E-state index contributed by atoms with van der Waals surface area (Å²) in [5.41, 5.74) is 2.70. The molecule has 0 bridgehead atoms. The van der Waals surface area contributed by atoms with Gasteiger partial charge in [-0.05, 0) is 62.6 Å². The largest absolute Gasteiger partial charge is 0.354 e. The molecule has 0 fully saturated rings. The standard InChI is InChI=1S/C20H26N4O2S/c1-20(2,3)24-27(25,26)18-10-6-16(7-11-18)14-15-4-8-17(9-5-15)23-19-21-12-13-22-19/h4-11,24H,12-14H2,1-3H3,(H2,21,22,23). The first-order chi connectivity index (χ1) is 12.7. The van der Waals surface area contributed by atoms with Gasteiger partial charge in [0.15, 0.2) is 5.96 Å². The third-order valence-corrected chi connectivity index (χ3v) is 5.75. The number of aliphatic imine (C=N–C) groups is 1. The number of benzene rings is 2. The highest BCUT2D eigenvalue weighted by Gasteiger charge is 2.21. The molecule has 0 aromatic heterocycles. The van der Waals surface area contributed by atoms with Gasteiger partial charge in [-0.3, -0.25) is 4.99 Å². The van der Waals surface area contributed by atoms with Gasteiger partial charge < -0.3 is 10.6 Å². The van der Waals surface area contributed by atoms with E-state index in [2.05, 4.69) is 32.5 Å². The van der Waals surface area contributed by atoms with Crippen LogP contribution in [-0.4, -0.2) is 33.0 Å². The van der Waals surface area contributed by atoms with E-state index in [0.717, 1.165) is 42.3 Å². The van der Waals surface area contributed by atoms with Crippen molar-refractivity contribution in [2.24, 2.45) is 4.99 Å². The van der Waals surface area contributed by atoms with E-state index in [-0.39, 0.29) is 4.90 Å². The topological polar surface area (TPSA) is 82.6 Å². The molecule has 6 nitrogen and oxygen atoms in total. The molecule has 1 heterocycles. The lowest BCUT2D eigenvalue weighted by Crippen LogP contribution is -2.40. The summed E-state index contributed by atoms with van der Waals surface area (Å²) in [6.45, 7) is 7.15. The molecule has 0 atom stereocenters. The maximum absolute atomic E-state index is 12.4. The lowest BCUT2D eigenvalue weighted by atomic mass is 10.0. The van der Waals surface area contributed by atoms with Crippen LogP contribution in [0.3, 0.4) is 0 Å². The van der Waals surface area contributed by atoms with Crippen LogP contribution in [0, 0.1) is 0 Å². The van der Waals surface area contributed by atoms with Gasteiger partial charge >= 0.3 is 0 Å². The molecule has 0 radical (unpaired) electrons. The average Bonchev–Trinajstić information content (AvgIpc) is 3.08. The van der Waals surface area contributed by atoms with Crippen LogP contribution in [0.25, 0.3) is 0 Å². The second-order valence-corrected chi connectivity index (χ2v) is 9.34. The SMILES string of the molecule is CC(C)(C)NS(=O)(=O)c1ccc(Cc2ccc(NC3=NCCN3)cc2)cc1. The summed E-state index contributed by atoms with van der Waals surface area (Å²) in [5.74, 6) is 0.809. The van der Waals surface area contributed by atoms with Crippen LogP contribution in [0.4, 0.5) is 5.69 Å². The summed E-state index contributed by atoms with van der Waals surface area (Å²) in [5, 5.41) is 6.42. The molecule has 7 heteroatoms. The van der Waals surface area contributed by atoms with E-state index in [1.807, 2.05) is 45.0 Å². The minimum Gasteiger partial charge on any atom is -0.354 e. The number of nitrogens with zero attached hydrogens (tertiary/aromatic N) is 1. The van der Waals surface area contributed by atoms with Crippen LogP contribution in [-0.2, 0) is 16.4 Å². The first kappa shape index (κ1) is 19.4. The van der Waals surface area contributed by atoms with E-state index in [0.29, 0.717) is 0 Å². The van der Waals surface area contributed by atoms with Gasteiger partial charge in [-0.15, -0.1) is 0 Å². The third kappa shape index (κ3) is 5.55. The Morgan fingerprint density at radius 1 is 1.00 bits per heavy atom. The predicted octanol–water partition coefficient (Wildman–Crippen LogP) is 2.73. The van der Waals surface area contributed by atoms with Crippen molar-refractivity contribution in [1.29, 1.82) is 0 Å². The number of rotatable bonds is 5. The lowest BCUT2D eigenvalue weighted by Gasteiger charge is -2.20. The number of hydrogen-bond acceptors (Lipinski definition) is 5. The molecule has 144 valence electrons.